The third kappa shape index (κ3) is 7.69. The van der Waals surface area contributed by atoms with Crippen molar-refractivity contribution in [2.45, 2.75) is 77.2 Å². The number of rotatable bonds is 10. The molecule has 0 unspecified atom stereocenters. The molecule has 0 saturated carbocycles. The number of hydrogen-bond donors (Lipinski definition) is 2. The van der Waals surface area contributed by atoms with Crippen molar-refractivity contribution in [2.24, 2.45) is 0 Å². The zero-order chi connectivity index (χ0) is 12.4. The smallest absolute Gasteiger partial charge is 0.306 e. The monoisotopic (exact) mass is 230 g/mol. The average molecular weight is 230 g/mol. The lowest BCUT2D eigenvalue weighted by molar-refractivity contribution is -0.143. The maximum atomic E-state index is 10.7. The van der Waals surface area contributed by atoms with Gasteiger partial charge in [-0.3, -0.25) is 4.79 Å². The van der Waals surface area contributed by atoms with E-state index >= 15 is 0 Å². The van der Waals surface area contributed by atoms with E-state index in [1.165, 1.54) is 0 Å². The van der Waals surface area contributed by atoms with Gasteiger partial charge in [0.2, 0.25) is 0 Å². The Morgan fingerprint density at radius 2 is 1.44 bits per heavy atom. The fourth-order valence-corrected chi connectivity index (χ4v) is 1.99. The van der Waals surface area contributed by atoms with E-state index in [0.29, 0.717) is 12.8 Å². The SMILES string of the molecule is CCCCCC(O)(CCCCC)CC(=O)O. The first-order valence-corrected chi connectivity index (χ1v) is 6.48. The minimum atomic E-state index is -0.976. The van der Waals surface area contributed by atoms with Gasteiger partial charge in [-0.1, -0.05) is 52.4 Å². The average Bonchev–Trinajstić information content (AvgIpc) is 2.17. The van der Waals surface area contributed by atoms with E-state index in [4.69, 9.17) is 5.11 Å². The van der Waals surface area contributed by atoms with Crippen LogP contribution < -0.4 is 0 Å². The second-order valence-electron chi connectivity index (χ2n) is 4.71. The fraction of sp³-hybridized carbons (Fsp3) is 0.923. The van der Waals surface area contributed by atoms with E-state index in [2.05, 4.69) is 13.8 Å². The van der Waals surface area contributed by atoms with Gasteiger partial charge in [-0.2, -0.15) is 0 Å². The zero-order valence-corrected chi connectivity index (χ0v) is 10.7. The Morgan fingerprint density at radius 3 is 1.75 bits per heavy atom. The molecule has 0 aliphatic rings. The van der Waals surface area contributed by atoms with Gasteiger partial charge in [0.1, 0.15) is 0 Å². The molecule has 16 heavy (non-hydrogen) atoms. The van der Waals surface area contributed by atoms with Crippen LogP contribution in [0, 0.1) is 0 Å². The van der Waals surface area contributed by atoms with Crippen molar-refractivity contribution in [3.8, 4) is 0 Å². The number of aliphatic carboxylic acids is 1. The second-order valence-corrected chi connectivity index (χ2v) is 4.71. The molecule has 0 spiro atoms. The van der Waals surface area contributed by atoms with E-state index in [1.807, 2.05) is 0 Å². The van der Waals surface area contributed by atoms with Crippen molar-refractivity contribution < 1.29 is 15.0 Å². The van der Waals surface area contributed by atoms with Crippen LogP contribution in [0.3, 0.4) is 0 Å². The van der Waals surface area contributed by atoms with Gasteiger partial charge in [-0.15, -0.1) is 0 Å². The lowest BCUT2D eigenvalue weighted by Gasteiger charge is -2.26. The van der Waals surface area contributed by atoms with E-state index in [-0.39, 0.29) is 6.42 Å². The van der Waals surface area contributed by atoms with Crippen LogP contribution in [0.5, 0.6) is 0 Å². The van der Waals surface area contributed by atoms with Crippen LogP contribution in [0.1, 0.15) is 71.6 Å². The van der Waals surface area contributed by atoms with Crippen LogP contribution in [-0.2, 0) is 4.79 Å². The Morgan fingerprint density at radius 1 is 1.00 bits per heavy atom. The zero-order valence-electron chi connectivity index (χ0n) is 10.7. The van der Waals surface area contributed by atoms with Gasteiger partial charge in [0.25, 0.3) is 0 Å². The molecule has 0 rings (SSSR count). The van der Waals surface area contributed by atoms with E-state index < -0.39 is 11.6 Å². The molecule has 2 N–H and O–H groups in total. The Hall–Kier alpha value is -0.570. The van der Waals surface area contributed by atoms with E-state index in [0.717, 1.165) is 38.5 Å². The third-order valence-electron chi connectivity index (χ3n) is 2.97. The lowest BCUT2D eigenvalue weighted by Crippen LogP contribution is -2.31. The van der Waals surface area contributed by atoms with Crippen LogP contribution in [0.25, 0.3) is 0 Å². The molecule has 0 aromatic carbocycles. The molecule has 3 heteroatoms. The molecule has 0 aliphatic heterocycles. The summed E-state index contributed by atoms with van der Waals surface area (Å²) in [7, 11) is 0. The summed E-state index contributed by atoms with van der Waals surface area (Å²) in [5, 5.41) is 19.1. The summed E-state index contributed by atoms with van der Waals surface area (Å²) in [5.41, 5.74) is -0.976. The van der Waals surface area contributed by atoms with Gasteiger partial charge < -0.3 is 10.2 Å². The molecule has 3 nitrogen and oxygen atoms in total. The molecular formula is C13H26O3. The Bertz CT molecular complexity index is 180. The summed E-state index contributed by atoms with van der Waals surface area (Å²) in [4.78, 5) is 10.7. The summed E-state index contributed by atoms with van der Waals surface area (Å²) < 4.78 is 0. The quantitative estimate of drug-likeness (QED) is 0.566. The maximum Gasteiger partial charge on any atom is 0.306 e. The lowest BCUT2D eigenvalue weighted by atomic mass is 9.87. The number of carboxylic acids is 1. The van der Waals surface area contributed by atoms with Crippen molar-refractivity contribution >= 4 is 5.97 Å². The molecule has 0 saturated heterocycles. The fourth-order valence-electron chi connectivity index (χ4n) is 1.99. The van der Waals surface area contributed by atoms with Crippen molar-refractivity contribution in [3.63, 3.8) is 0 Å². The minimum Gasteiger partial charge on any atom is -0.481 e. The highest BCUT2D eigenvalue weighted by Gasteiger charge is 2.28. The molecule has 0 fully saturated rings. The number of carboxylic acid groups (broad SMARTS) is 1. The van der Waals surface area contributed by atoms with Crippen LogP contribution in [-0.4, -0.2) is 21.8 Å². The molecule has 0 amide bonds. The maximum absolute atomic E-state index is 10.7. The Labute approximate surface area is 98.9 Å². The predicted octanol–water partition coefficient (Wildman–Crippen LogP) is 3.35. The summed E-state index contributed by atoms with van der Waals surface area (Å²) in [6.07, 6.45) is 7.30. The van der Waals surface area contributed by atoms with Crippen molar-refractivity contribution in [1.82, 2.24) is 0 Å². The first-order valence-electron chi connectivity index (χ1n) is 6.48. The molecule has 0 aromatic rings. The van der Waals surface area contributed by atoms with Crippen molar-refractivity contribution in [3.05, 3.63) is 0 Å². The predicted molar refractivity (Wildman–Crippen MR) is 65.5 cm³/mol. The van der Waals surface area contributed by atoms with E-state index in [9.17, 15) is 9.90 Å². The first-order chi connectivity index (χ1) is 7.54. The minimum absolute atomic E-state index is 0.111. The Kier molecular flexibility index (Phi) is 8.26. The van der Waals surface area contributed by atoms with E-state index in [1.54, 1.807) is 0 Å². The summed E-state index contributed by atoms with van der Waals surface area (Å²) >= 11 is 0. The standard InChI is InChI=1S/C13H26O3/c1-3-5-7-9-13(16,11-12(14)15)10-8-6-4-2/h16H,3-11H2,1-2H3,(H,14,15). The molecule has 0 atom stereocenters. The molecule has 0 heterocycles. The highest BCUT2D eigenvalue weighted by Crippen LogP contribution is 2.25. The second kappa shape index (κ2) is 8.57. The van der Waals surface area contributed by atoms with Gasteiger partial charge in [0, 0.05) is 0 Å². The van der Waals surface area contributed by atoms with Crippen LogP contribution in [0.4, 0.5) is 0 Å². The first kappa shape index (κ1) is 15.4. The highest BCUT2D eigenvalue weighted by atomic mass is 16.4. The Balaban J connectivity index is 4.07. The highest BCUT2D eigenvalue weighted by molar-refractivity contribution is 5.68. The summed E-state index contributed by atoms with van der Waals surface area (Å²) in [5.74, 6) is -0.893. The van der Waals surface area contributed by atoms with Gasteiger partial charge in [0.05, 0.1) is 12.0 Å². The van der Waals surface area contributed by atoms with Gasteiger partial charge >= 0.3 is 5.97 Å². The van der Waals surface area contributed by atoms with Gasteiger partial charge in [-0.25, -0.2) is 0 Å². The number of hydrogen-bond acceptors (Lipinski definition) is 2. The molecule has 0 aromatic heterocycles. The van der Waals surface area contributed by atoms with Crippen LogP contribution in [0.15, 0.2) is 0 Å². The van der Waals surface area contributed by atoms with Crippen molar-refractivity contribution in [1.29, 1.82) is 0 Å². The van der Waals surface area contributed by atoms with Crippen molar-refractivity contribution in [2.75, 3.05) is 0 Å². The molecular weight excluding hydrogens is 204 g/mol. The number of aliphatic hydroxyl groups is 1. The largest absolute Gasteiger partial charge is 0.481 e. The third-order valence-corrected chi connectivity index (χ3v) is 2.97. The normalized spacial score (nSPS) is 11.7. The van der Waals surface area contributed by atoms with Gasteiger partial charge in [0.15, 0.2) is 0 Å². The molecule has 0 radical (unpaired) electrons. The summed E-state index contributed by atoms with van der Waals surface area (Å²) in [6, 6.07) is 0. The van der Waals surface area contributed by atoms with Crippen LogP contribution >= 0.6 is 0 Å². The van der Waals surface area contributed by atoms with Crippen LogP contribution in [0.2, 0.25) is 0 Å². The molecule has 0 bridgehead atoms. The van der Waals surface area contributed by atoms with Gasteiger partial charge in [-0.05, 0) is 12.8 Å². The number of unbranched alkanes of at least 4 members (excludes halogenated alkanes) is 4. The molecule has 96 valence electrons. The topological polar surface area (TPSA) is 57.5 Å². The summed E-state index contributed by atoms with van der Waals surface area (Å²) in [6.45, 7) is 4.21. The number of carbonyl (C=O) groups is 1. The molecule has 0 aliphatic carbocycles.